The van der Waals surface area contributed by atoms with Gasteiger partial charge in [0.1, 0.15) is 5.75 Å². The van der Waals surface area contributed by atoms with E-state index in [0.717, 1.165) is 35.1 Å². The van der Waals surface area contributed by atoms with Gasteiger partial charge >= 0.3 is 5.97 Å². The van der Waals surface area contributed by atoms with Crippen LogP contribution in [0.2, 0.25) is 0 Å². The molecule has 3 nitrogen and oxygen atoms in total. The average Bonchev–Trinajstić information content (AvgIpc) is 2.69. The number of phenolic OH excluding ortho intramolecular Hbond substituents is 1. The van der Waals surface area contributed by atoms with Crippen molar-refractivity contribution >= 4 is 17.6 Å². The van der Waals surface area contributed by atoms with E-state index in [1.807, 2.05) is 24.3 Å². The van der Waals surface area contributed by atoms with Gasteiger partial charge in [-0.1, -0.05) is 50.5 Å². The van der Waals surface area contributed by atoms with E-state index in [1.54, 1.807) is 19.1 Å². The van der Waals surface area contributed by atoms with Crippen LogP contribution in [0.5, 0.6) is 5.75 Å². The molecule has 0 radical (unpaired) electrons. The standard InChI is InChI=1S/C25H30O3/c1-4-28-24(27)20-10-8-19(9-11-20)16-18(2)21-12-13-23(26)22(17-21)25(3)14-6-5-7-15-25/h8-13,16-17,26H,4-7,14-15H2,1-3H3/b18-16-. The van der Waals surface area contributed by atoms with Crippen LogP contribution in [-0.4, -0.2) is 17.7 Å². The summed E-state index contributed by atoms with van der Waals surface area (Å²) in [5, 5.41) is 10.5. The summed E-state index contributed by atoms with van der Waals surface area (Å²) in [6.07, 6.45) is 8.10. The highest BCUT2D eigenvalue weighted by Gasteiger charge is 2.31. The number of rotatable bonds is 5. The summed E-state index contributed by atoms with van der Waals surface area (Å²) in [6.45, 7) is 6.54. The molecule has 0 aliphatic heterocycles. The molecule has 0 heterocycles. The van der Waals surface area contributed by atoms with Crippen LogP contribution in [0.15, 0.2) is 42.5 Å². The highest BCUT2D eigenvalue weighted by Crippen LogP contribution is 2.43. The first-order chi connectivity index (χ1) is 13.4. The third-order valence-electron chi connectivity index (χ3n) is 5.86. The summed E-state index contributed by atoms with van der Waals surface area (Å²) < 4.78 is 5.03. The fourth-order valence-electron chi connectivity index (χ4n) is 4.13. The largest absolute Gasteiger partial charge is 0.508 e. The summed E-state index contributed by atoms with van der Waals surface area (Å²) in [6, 6.07) is 13.4. The van der Waals surface area contributed by atoms with Crippen LogP contribution in [-0.2, 0) is 10.2 Å². The van der Waals surface area contributed by atoms with E-state index < -0.39 is 0 Å². The third kappa shape index (κ3) is 4.46. The van der Waals surface area contributed by atoms with Gasteiger partial charge in [-0.2, -0.15) is 0 Å². The average molecular weight is 379 g/mol. The van der Waals surface area contributed by atoms with Crippen molar-refractivity contribution in [3.63, 3.8) is 0 Å². The number of phenols is 1. The minimum Gasteiger partial charge on any atom is -0.508 e. The van der Waals surface area contributed by atoms with Crippen LogP contribution in [0.3, 0.4) is 0 Å². The third-order valence-corrected chi connectivity index (χ3v) is 5.86. The number of aromatic hydroxyl groups is 1. The van der Waals surface area contributed by atoms with E-state index in [2.05, 4.69) is 26.0 Å². The number of esters is 1. The predicted molar refractivity (Wildman–Crippen MR) is 114 cm³/mol. The Kier molecular flexibility index (Phi) is 6.23. The molecular weight excluding hydrogens is 348 g/mol. The van der Waals surface area contributed by atoms with Crippen molar-refractivity contribution in [1.82, 2.24) is 0 Å². The highest BCUT2D eigenvalue weighted by atomic mass is 16.5. The van der Waals surface area contributed by atoms with Crippen molar-refractivity contribution in [2.24, 2.45) is 0 Å². The Morgan fingerprint density at radius 1 is 1.07 bits per heavy atom. The molecule has 2 aromatic rings. The van der Waals surface area contributed by atoms with Crippen LogP contribution in [0, 0.1) is 0 Å². The number of carbonyl (C=O) groups is 1. The number of carbonyl (C=O) groups excluding carboxylic acids is 1. The Balaban J connectivity index is 1.85. The quantitative estimate of drug-likeness (QED) is 0.487. The molecule has 1 aliphatic rings. The van der Waals surface area contributed by atoms with Gasteiger partial charge in [0.05, 0.1) is 12.2 Å². The fourth-order valence-corrected chi connectivity index (χ4v) is 4.13. The summed E-state index contributed by atoms with van der Waals surface area (Å²) in [5.41, 5.74) is 4.96. The Hall–Kier alpha value is -2.55. The molecule has 1 saturated carbocycles. The maximum atomic E-state index is 11.8. The molecule has 0 spiro atoms. The van der Waals surface area contributed by atoms with E-state index in [9.17, 15) is 9.90 Å². The normalized spacial score (nSPS) is 16.6. The minimum atomic E-state index is -0.293. The zero-order valence-electron chi connectivity index (χ0n) is 17.1. The van der Waals surface area contributed by atoms with Crippen molar-refractivity contribution in [2.75, 3.05) is 6.61 Å². The Morgan fingerprint density at radius 3 is 2.36 bits per heavy atom. The van der Waals surface area contributed by atoms with Gasteiger partial charge in [-0.3, -0.25) is 0 Å². The summed E-state index contributed by atoms with van der Waals surface area (Å²) >= 11 is 0. The van der Waals surface area contributed by atoms with Crippen LogP contribution in [0.1, 0.15) is 79.9 Å². The number of hydrogen-bond acceptors (Lipinski definition) is 3. The molecule has 1 fully saturated rings. The Labute approximate surface area is 168 Å². The van der Waals surface area contributed by atoms with Crippen molar-refractivity contribution in [3.05, 3.63) is 64.7 Å². The van der Waals surface area contributed by atoms with Crippen molar-refractivity contribution in [3.8, 4) is 5.75 Å². The van der Waals surface area contributed by atoms with E-state index in [1.165, 1.54) is 19.3 Å². The van der Waals surface area contributed by atoms with Gasteiger partial charge in [-0.25, -0.2) is 4.79 Å². The Bertz CT molecular complexity index is 856. The number of benzene rings is 2. The zero-order valence-corrected chi connectivity index (χ0v) is 17.1. The molecule has 3 heteroatoms. The molecule has 0 amide bonds. The molecule has 0 aromatic heterocycles. The monoisotopic (exact) mass is 378 g/mol. The topological polar surface area (TPSA) is 46.5 Å². The zero-order chi connectivity index (χ0) is 20.1. The molecule has 28 heavy (non-hydrogen) atoms. The molecule has 0 saturated heterocycles. The van der Waals surface area contributed by atoms with Crippen molar-refractivity contribution in [2.45, 2.75) is 58.3 Å². The molecule has 0 unspecified atom stereocenters. The summed E-state index contributed by atoms with van der Waals surface area (Å²) in [4.78, 5) is 11.8. The van der Waals surface area contributed by atoms with E-state index in [4.69, 9.17) is 4.74 Å². The van der Waals surface area contributed by atoms with Gasteiger partial charge in [0, 0.05) is 5.56 Å². The van der Waals surface area contributed by atoms with Gasteiger partial charge < -0.3 is 9.84 Å². The molecular formula is C25H30O3. The molecule has 2 aromatic carbocycles. The van der Waals surface area contributed by atoms with Crippen LogP contribution in [0.25, 0.3) is 11.6 Å². The summed E-state index contributed by atoms with van der Waals surface area (Å²) in [5.74, 6) is 0.110. The lowest BCUT2D eigenvalue weighted by Crippen LogP contribution is -2.25. The maximum absolute atomic E-state index is 11.8. The minimum absolute atomic E-state index is 0.0555. The molecule has 1 aliphatic carbocycles. The Morgan fingerprint density at radius 2 is 1.71 bits per heavy atom. The van der Waals surface area contributed by atoms with Crippen molar-refractivity contribution < 1.29 is 14.6 Å². The van der Waals surface area contributed by atoms with Crippen LogP contribution >= 0.6 is 0 Å². The molecule has 0 atom stereocenters. The van der Waals surface area contributed by atoms with Gasteiger partial charge in [0.25, 0.3) is 0 Å². The molecule has 0 bridgehead atoms. The van der Waals surface area contributed by atoms with Gasteiger partial charge in [0.15, 0.2) is 0 Å². The first-order valence-corrected chi connectivity index (χ1v) is 10.2. The number of hydrogen-bond donors (Lipinski definition) is 1. The predicted octanol–water partition coefficient (Wildman–Crippen LogP) is 6.35. The second-order valence-corrected chi connectivity index (χ2v) is 8.02. The second kappa shape index (κ2) is 8.64. The smallest absolute Gasteiger partial charge is 0.338 e. The van der Waals surface area contributed by atoms with Crippen molar-refractivity contribution in [1.29, 1.82) is 0 Å². The van der Waals surface area contributed by atoms with Gasteiger partial charge in [-0.15, -0.1) is 0 Å². The molecule has 3 rings (SSSR count). The van der Waals surface area contributed by atoms with Crippen LogP contribution in [0.4, 0.5) is 0 Å². The number of allylic oxidation sites excluding steroid dienone is 1. The molecule has 148 valence electrons. The van der Waals surface area contributed by atoms with E-state index in [-0.39, 0.29) is 11.4 Å². The van der Waals surface area contributed by atoms with Crippen LogP contribution < -0.4 is 0 Å². The van der Waals surface area contributed by atoms with E-state index in [0.29, 0.717) is 17.9 Å². The SMILES string of the molecule is CCOC(=O)c1ccc(/C=C(/C)c2ccc(O)c(C3(C)CCCCC3)c2)cc1. The van der Waals surface area contributed by atoms with Gasteiger partial charge in [0.2, 0.25) is 0 Å². The first kappa shape index (κ1) is 20.2. The first-order valence-electron chi connectivity index (χ1n) is 10.2. The summed E-state index contributed by atoms with van der Waals surface area (Å²) in [7, 11) is 0. The lowest BCUT2D eigenvalue weighted by molar-refractivity contribution is 0.0526. The molecule has 1 N–H and O–H groups in total. The van der Waals surface area contributed by atoms with E-state index >= 15 is 0 Å². The second-order valence-electron chi connectivity index (χ2n) is 8.02. The lowest BCUT2D eigenvalue weighted by atomic mass is 9.70. The lowest BCUT2D eigenvalue weighted by Gasteiger charge is -2.35. The van der Waals surface area contributed by atoms with Gasteiger partial charge in [-0.05, 0) is 73.1 Å². The fraction of sp³-hybridized carbons (Fsp3) is 0.400. The maximum Gasteiger partial charge on any atom is 0.338 e. The number of ether oxygens (including phenoxy) is 1. The highest BCUT2D eigenvalue weighted by molar-refractivity contribution is 5.90.